The average Bonchev–Trinajstić information content (AvgIpc) is 3.02. The smallest absolute Gasteiger partial charge is 0.0743 e. The maximum atomic E-state index is 5.76. The van der Waals surface area contributed by atoms with E-state index in [1.165, 1.54) is 6.42 Å². The highest BCUT2D eigenvalue weighted by molar-refractivity contribution is 5.92. The van der Waals surface area contributed by atoms with Crippen LogP contribution in [-0.4, -0.2) is 11.5 Å². The third-order valence-electron chi connectivity index (χ3n) is 3.60. The first-order valence-electron chi connectivity index (χ1n) is 6.12. The van der Waals surface area contributed by atoms with E-state index in [-0.39, 0.29) is 0 Å². The van der Waals surface area contributed by atoms with Crippen LogP contribution < -0.4 is 11.1 Å². The summed E-state index contributed by atoms with van der Waals surface area (Å²) in [4.78, 5) is 4.34. The van der Waals surface area contributed by atoms with Crippen molar-refractivity contribution < 1.29 is 0 Å². The van der Waals surface area contributed by atoms with Gasteiger partial charge in [0.25, 0.3) is 0 Å². The zero-order valence-electron chi connectivity index (χ0n) is 9.98. The van der Waals surface area contributed by atoms with Crippen LogP contribution in [0, 0.1) is 11.8 Å². The lowest BCUT2D eigenvalue weighted by Crippen LogP contribution is -2.05. The molecule has 0 radical (unpaired) electrons. The van der Waals surface area contributed by atoms with Crippen LogP contribution in [0.2, 0.25) is 0 Å². The molecule has 1 fully saturated rings. The number of nitrogens with one attached hydrogen (secondary N) is 1. The van der Waals surface area contributed by atoms with Gasteiger partial charge in [0, 0.05) is 29.5 Å². The van der Waals surface area contributed by atoms with Crippen LogP contribution in [0.25, 0.3) is 10.9 Å². The van der Waals surface area contributed by atoms with Crippen LogP contribution >= 0.6 is 0 Å². The van der Waals surface area contributed by atoms with Crippen molar-refractivity contribution in [2.75, 3.05) is 17.6 Å². The molecule has 1 heterocycles. The lowest BCUT2D eigenvalue weighted by Gasteiger charge is -2.09. The van der Waals surface area contributed by atoms with Gasteiger partial charge in [-0.1, -0.05) is 6.92 Å². The fraction of sp³-hybridized carbons (Fsp3) is 0.357. The van der Waals surface area contributed by atoms with Crippen molar-refractivity contribution in [3.63, 3.8) is 0 Å². The van der Waals surface area contributed by atoms with Crippen molar-refractivity contribution in [3.8, 4) is 0 Å². The summed E-state index contributed by atoms with van der Waals surface area (Å²) in [5, 5.41) is 4.67. The van der Waals surface area contributed by atoms with Gasteiger partial charge in [0.15, 0.2) is 0 Å². The molecule has 2 aromatic rings. The van der Waals surface area contributed by atoms with Crippen molar-refractivity contribution >= 4 is 22.3 Å². The zero-order valence-corrected chi connectivity index (χ0v) is 9.98. The zero-order chi connectivity index (χ0) is 11.8. The number of rotatable bonds is 3. The molecule has 17 heavy (non-hydrogen) atoms. The summed E-state index contributed by atoms with van der Waals surface area (Å²) in [6.45, 7) is 3.36. The van der Waals surface area contributed by atoms with E-state index in [0.29, 0.717) is 0 Å². The number of nitrogens with two attached hydrogens (primary N) is 1. The largest absolute Gasteiger partial charge is 0.399 e. The van der Waals surface area contributed by atoms with Crippen LogP contribution in [0.4, 0.5) is 11.4 Å². The molecule has 1 saturated carbocycles. The van der Waals surface area contributed by atoms with Crippen molar-refractivity contribution in [2.24, 2.45) is 11.8 Å². The predicted octanol–water partition coefficient (Wildman–Crippen LogP) is 2.88. The average molecular weight is 227 g/mol. The van der Waals surface area contributed by atoms with Gasteiger partial charge in [0.05, 0.1) is 5.52 Å². The van der Waals surface area contributed by atoms with Gasteiger partial charge in [-0.2, -0.15) is 0 Å². The highest BCUT2D eigenvalue weighted by Crippen LogP contribution is 2.37. The van der Waals surface area contributed by atoms with E-state index in [1.54, 1.807) is 0 Å². The molecule has 2 unspecified atom stereocenters. The van der Waals surface area contributed by atoms with Gasteiger partial charge >= 0.3 is 0 Å². The number of hydrogen-bond donors (Lipinski definition) is 2. The van der Waals surface area contributed by atoms with Gasteiger partial charge < -0.3 is 11.1 Å². The minimum atomic E-state index is 0.762. The minimum Gasteiger partial charge on any atom is -0.399 e. The Morgan fingerprint density at radius 1 is 1.41 bits per heavy atom. The van der Waals surface area contributed by atoms with E-state index in [2.05, 4.69) is 17.2 Å². The maximum absolute atomic E-state index is 5.76. The first kappa shape index (κ1) is 10.4. The van der Waals surface area contributed by atoms with E-state index in [0.717, 1.165) is 40.7 Å². The van der Waals surface area contributed by atoms with Crippen molar-refractivity contribution in [2.45, 2.75) is 13.3 Å². The van der Waals surface area contributed by atoms with Gasteiger partial charge in [-0.15, -0.1) is 0 Å². The molecule has 0 bridgehead atoms. The van der Waals surface area contributed by atoms with E-state index in [9.17, 15) is 0 Å². The number of fused-ring (bicyclic) bond motifs is 1. The van der Waals surface area contributed by atoms with E-state index in [1.807, 2.05) is 30.5 Å². The lowest BCUT2D eigenvalue weighted by molar-refractivity contribution is 0.787. The number of anilines is 2. The number of aromatic nitrogens is 1. The van der Waals surface area contributed by atoms with Crippen LogP contribution in [0.5, 0.6) is 0 Å². The van der Waals surface area contributed by atoms with E-state index in [4.69, 9.17) is 5.73 Å². The van der Waals surface area contributed by atoms with Crippen LogP contribution in [-0.2, 0) is 0 Å². The van der Waals surface area contributed by atoms with Gasteiger partial charge in [-0.05, 0) is 42.5 Å². The topological polar surface area (TPSA) is 50.9 Å². The maximum Gasteiger partial charge on any atom is 0.0743 e. The number of pyridine rings is 1. The third-order valence-corrected chi connectivity index (χ3v) is 3.60. The number of hydrogen-bond acceptors (Lipinski definition) is 3. The fourth-order valence-electron chi connectivity index (χ4n) is 2.24. The Labute approximate surface area is 101 Å². The molecule has 0 aliphatic heterocycles. The summed E-state index contributed by atoms with van der Waals surface area (Å²) in [5.74, 6) is 1.72. The molecular formula is C14H17N3. The Hall–Kier alpha value is -1.77. The fourth-order valence-corrected chi connectivity index (χ4v) is 2.24. The number of nitrogen functional groups attached to an aromatic ring is 1. The Balaban J connectivity index is 1.87. The van der Waals surface area contributed by atoms with Crippen molar-refractivity contribution in [1.82, 2.24) is 4.98 Å². The second kappa shape index (κ2) is 3.91. The summed E-state index contributed by atoms with van der Waals surface area (Å²) in [5.41, 5.74) is 8.64. The molecule has 1 aromatic carbocycles. The predicted molar refractivity (Wildman–Crippen MR) is 71.9 cm³/mol. The van der Waals surface area contributed by atoms with Crippen molar-refractivity contribution in [1.29, 1.82) is 0 Å². The lowest BCUT2D eigenvalue weighted by atomic mass is 10.1. The molecule has 0 saturated heterocycles. The number of nitrogens with zero attached hydrogens (tertiary/aromatic N) is 1. The molecule has 2 atom stereocenters. The Bertz CT molecular complexity index is 550. The molecular weight excluding hydrogens is 210 g/mol. The highest BCUT2D eigenvalue weighted by Gasteiger charge is 2.31. The number of benzene rings is 1. The first-order valence-corrected chi connectivity index (χ1v) is 6.12. The van der Waals surface area contributed by atoms with Crippen LogP contribution in [0.3, 0.4) is 0 Å². The van der Waals surface area contributed by atoms with Gasteiger partial charge in [-0.3, -0.25) is 4.98 Å². The SMILES string of the molecule is CC1CC1CNc1ccnc2cc(N)ccc12. The molecule has 3 heteroatoms. The molecule has 3 N–H and O–H groups in total. The molecule has 88 valence electrons. The van der Waals surface area contributed by atoms with Gasteiger partial charge in [0.2, 0.25) is 0 Å². The summed E-state index contributed by atoms with van der Waals surface area (Å²) in [6.07, 6.45) is 3.18. The normalized spacial score (nSPS) is 22.6. The molecule has 3 rings (SSSR count). The molecule has 3 nitrogen and oxygen atoms in total. The van der Waals surface area contributed by atoms with Gasteiger partial charge in [-0.25, -0.2) is 0 Å². The first-order chi connectivity index (χ1) is 8.24. The second-order valence-electron chi connectivity index (χ2n) is 4.99. The second-order valence-corrected chi connectivity index (χ2v) is 4.99. The molecule has 0 amide bonds. The molecule has 1 aliphatic rings. The summed E-state index contributed by atoms with van der Waals surface area (Å²) in [6, 6.07) is 7.91. The quantitative estimate of drug-likeness (QED) is 0.793. The monoisotopic (exact) mass is 227 g/mol. The molecule has 0 spiro atoms. The van der Waals surface area contributed by atoms with E-state index >= 15 is 0 Å². The summed E-state index contributed by atoms with van der Waals surface area (Å²) in [7, 11) is 0. The van der Waals surface area contributed by atoms with Gasteiger partial charge in [0.1, 0.15) is 0 Å². The molecule has 1 aromatic heterocycles. The summed E-state index contributed by atoms with van der Waals surface area (Å²) < 4.78 is 0. The Morgan fingerprint density at radius 3 is 3.00 bits per heavy atom. The van der Waals surface area contributed by atoms with Crippen LogP contribution in [0.1, 0.15) is 13.3 Å². The Kier molecular flexibility index (Phi) is 2.39. The third kappa shape index (κ3) is 2.05. The highest BCUT2D eigenvalue weighted by atomic mass is 14.9. The minimum absolute atomic E-state index is 0.762. The molecule has 1 aliphatic carbocycles. The van der Waals surface area contributed by atoms with Crippen LogP contribution in [0.15, 0.2) is 30.5 Å². The summed E-state index contributed by atoms with van der Waals surface area (Å²) >= 11 is 0. The standard InChI is InChI=1S/C14H17N3/c1-9-6-10(9)8-17-13-4-5-16-14-7-11(15)2-3-12(13)14/h2-5,7,9-10H,6,8,15H2,1H3,(H,16,17). The Morgan fingerprint density at radius 2 is 2.24 bits per heavy atom. The van der Waals surface area contributed by atoms with E-state index < -0.39 is 0 Å². The van der Waals surface area contributed by atoms with Crippen molar-refractivity contribution in [3.05, 3.63) is 30.5 Å².